The number of aliphatic hydroxyl groups excluding tert-OH is 3. The Bertz CT molecular complexity index is 1570. The van der Waals surface area contributed by atoms with Gasteiger partial charge in [-0.15, -0.1) is 0 Å². The van der Waals surface area contributed by atoms with E-state index in [1.807, 2.05) is 0 Å². The maximum Gasteiger partial charge on any atom is 0.202 e. The van der Waals surface area contributed by atoms with Gasteiger partial charge in [-0.25, -0.2) is 0 Å². The number of aliphatic hydroxyl groups is 4. The van der Waals surface area contributed by atoms with Crippen LogP contribution >= 0.6 is 0 Å². The predicted octanol–water partition coefficient (Wildman–Crippen LogP) is 1.18. The molecule has 0 spiro atoms. The van der Waals surface area contributed by atoms with Gasteiger partial charge in [0, 0.05) is 42.0 Å². The number of ketones is 2. The molecule has 14 nitrogen and oxygen atoms in total. The minimum atomic E-state index is -1.86. The van der Waals surface area contributed by atoms with Gasteiger partial charge < -0.3 is 60.0 Å². The molecule has 2 fully saturated rings. The van der Waals surface area contributed by atoms with E-state index in [2.05, 4.69) is 5.32 Å². The summed E-state index contributed by atoms with van der Waals surface area (Å²) < 4.78 is 24.5. The first-order chi connectivity index (χ1) is 22.2. The van der Waals surface area contributed by atoms with E-state index in [0.717, 1.165) is 0 Å². The lowest BCUT2D eigenvalue weighted by molar-refractivity contribution is -0.305. The molecule has 0 amide bonds. The third kappa shape index (κ3) is 5.41. The third-order valence-electron chi connectivity index (χ3n) is 10.1. The van der Waals surface area contributed by atoms with E-state index in [-0.39, 0.29) is 54.0 Å². The van der Waals surface area contributed by atoms with Crippen molar-refractivity contribution in [3.8, 4) is 17.2 Å². The second kappa shape index (κ2) is 12.4. The quantitative estimate of drug-likeness (QED) is 0.174. The number of fused-ring (bicyclic) bond motifs is 3. The molecule has 6 rings (SSSR count). The van der Waals surface area contributed by atoms with E-state index in [9.17, 15) is 45.3 Å². The predicted molar refractivity (Wildman–Crippen MR) is 161 cm³/mol. The van der Waals surface area contributed by atoms with Crippen LogP contribution in [-0.4, -0.2) is 109 Å². The lowest BCUT2D eigenvalue weighted by Crippen LogP contribution is -2.57. The summed E-state index contributed by atoms with van der Waals surface area (Å²) in [7, 11) is 1.72. The highest BCUT2D eigenvalue weighted by Crippen LogP contribution is 2.56. The van der Waals surface area contributed by atoms with Crippen LogP contribution in [0, 0.1) is 0 Å². The van der Waals surface area contributed by atoms with Crippen LogP contribution in [0.25, 0.3) is 0 Å². The Kier molecular flexibility index (Phi) is 8.87. The van der Waals surface area contributed by atoms with Crippen molar-refractivity contribution >= 4 is 11.6 Å². The molecular weight excluding hydrogens is 618 g/mol. The molecule has 11 atom stereocenters. The first-order valence-corrected chi connectivity index (χ1v) is 15.8. The van der Waals surface area contributed by atoms with Crippen LogP contribution in [-0.2, 0) is 18.9 Å². The molecule has 0 aromatic heterocycles. The number of ether oxygens (including phenoxy) is 4. The van der Waals surface area contributed by atoms with Gasteiger partial charge in [-0.2, -0.15) is 0 Å². The molecule has 2 aliphatic carbocycles. The molecule has 14 heteroatoms. The van der Waals surface area contributed by atoms with E-state index < -0.39 is 101 Å². The van der Waals surface area contributed by atoms with Crippen molar-refractivity contribution in [1.82, 2.24) is 5.32 Å². The first-order valence-electron chi connectivity index (χ1n) is 15.8. The Morgan fingerprint density at radius 1 is 0.894 bits per heavy atom. The van der Waals surface area contributed by atoms with Crippen molar-refractivity contribution in [2.75, 3.05) is 7.05 Å². The van der Waals surface area contributed by atoms with Crippen molar-refractivity contribution in [3.05, 3.63) is 51.6 Å². The lowest BCUT2D eigenvalue weighted by atomic mass is 9.70. The van der Waals surface area contributed by atoms with Gasteiger partial charge in [0.25, 0.3) is 0 Å². The maximum atomic E-state index is 13.7. The van der Waals surface area contributed by atoms with E-state index in [4.69, 9.17) is 18.9 Å². The topological polar surface area (TPSA) is 225 Å². The molecule has 2 aromatic rings. The van der Waals surface area contributed by atoms with Crippen molar-refractivity contribution in [2.24, 2.45) is 0 Å². The minimum absolute atomic E-state index is 0.00563. The summed E-state index contributed by atoms with van der Waals surface area (Å²) in [6.45, 7) is 5.00. The number of likely N-dealkylation sites (N-methyl/N-ethyl adjacent to an activating group) is 1. The number of hydrogen-bond donors (Lipinski definition) is 8. The molecule has 4 aliphatic rings. The summed E-state index contributed by atoms with van der Waals surface area (Å²) in [5, 5.41) is 79.9. The number of carbonyl (C=O) groups is 2. The number of aromatic hydroxyl groups is 3. The Balaban J connectivity index is 1.34. The molecule has 2 saturated heterocycles. The average molecular weight is 660 g/mol. The van der Waals surface area contributed by atoms with Crippen LogP contribution < -0.4 is 5.32 Å². The number of nitrogens with one attached hydrogen (secondary N) is 1. The highest BCUT2D eigenvalue weighted by atomic mass is 16.7. The van der Waals surface area contributed by atoms with Gasteiger partial charge in [0.15, 0.2) is 18.4 Å². The monoisotopic (exact) mass is 659 g/mol. The molecule has 2 aliphatic heterocycles. The standard InChI is InChI=1S/C33H41NO13/c1-5-33(43)11-18(46-19-9-15(34-4)31(13(3)45-19)47-20-10-17(36)26(37)12(2)44-20)22-25(32(33)42)30(41)23-24(29(22)40)28(39)21-14(27(23)38)7-6-8-16(21)35/h6-8,12-13,15,17-20,26,31-32,34-37,40-43H,5,9-11H2,1-4H3/t12-,13-,15-,17-,18-,19-,20-,26+,31+,32+,33+/m0/s1. The summed E-state index contributed by atoms with van der Waals surface area (Å²) in [6, 6.07) is 3.52. The SMILES string of the molecule is CC[C@@]1(O)C[C@H](O[C@H]2C[C@H](NC)[C@H](O[C@H]3C[C@H](O)[C@H](O)[C@H](C)O3)[C@H](C)O2)c2c(O)c3c(c(O)c2[C@H]1O)C(=O)c1cccc(O)c1C3=O. The van der Waals surface area contributed by atoms with Gasteiger partial charge in [0.05, 0.1) is 46.7 Å². The molecule has 256 valence electrons. The van der Waals surface area contributed by atoms with Crippen molar-refractivity contribution in [3.63, 3.8) is 0 Å². The number of carbonyl (C=O) groups excluding carboxylic acids is 2. The van der Waals surface area contributed by atoms with Crippen molar-refractivity contribution in [1.29, 1.82) is 0 Å². The summed E-state index contributed by atoms with van der Waals surface area (Å²) in [5.74, 6) is -3.72. The second-order valence-electron chi connectivity index (χ2n) is 12.9. The molecule has 8 N–H and O–H groups in total. The maximum absolute atomic E-state index is 13.7. The zero-order valence-electron chi connectivity index (χ0n) is 26.4. The molecule has 47 heavy (non-hydrogen) atoms. The third-order valence-corrected chi connectivity index (χ3v) is 10.1. The van der Waals surface area contributed by atoms with Gasteiger partial charge in [-0.3, -0.25) is 9.59 Å². The van der Waals surface area contributed by atoms with Crippen LogP contribution in [0.5, 0.6) is 17.2 Å². The van der Waals surface area contributed by atoms with E-state index in [0.29, 0.717) is 0 Å². The number of benzene rings is 2. The Morgan fingerprint density at radius 3 is 2.19 bits per heavy atom. The van der Waals surface area contributed by atoms with E-state index >= 15 is 0 Å². The fraction of sp³-hybridized carbons (Fsp3) is 0.576. The molecule has 0 bridgehead atoms. The van der Waals surface area contributed by atoms with E-state index in [1.54, 1.807) is 27.8 Å². The smallest absolute Gasteiger partial charge is 0.202 e. The molecule has 0 unspecified atom stereocenters. The summed E-state index contributed by atoms with van der Waals surface area (Å²) in [5.41, 5.74) is -3.98. The second-order valence-corrected chi connectivity index (χ2v) is 12.9. The highest BCUT2D eigenvalue weighted by Gasteiger charge is 2.52. The molecular formula is C33H41NO13. The fourth-order valence-electron chi connectivity index (χ4n) is 7.38. The number of rotatable bonds is 6. The zero-order chi connectivity index (χ0) is 34.1. The molecule has 0 saturated carbocycles. The van der Waals surface area contributed by atoms with Crippen molar-refractivity contribution < 1.29 is 64.3 Å². The van der Waals surface area contributed by atoms with Gasteiger partial charge >= 0.3 is 0 Å². The first kappa shape index (κ1) is 33.7. The molecule has 2 heterocycles. The van der Waals surface area contributed by atoms with Crippen LogP contribution in [0.15, 0.2) is 18.2 Å². The Morgan fingerprint density at radius 2 is 1.53 bits per heavy atom. The summed E-state index contributed by atoms with van der Waals surface area (Å²) >= 11 is 0. The Hall–Kier alpha value is -3.18. The van der Waals surface area contributed by atoms with Gasteiger partial charge in [0.2, 0.25) is 5.78 Å². The van der Waals surface area contributed by atoms with Gasteiger partial charge in [0.1, 0.15) is 35.6 Å². The highest BCUT2D eigenvalue weighted by molar-refractivity contribution is 6.31. The number of hydrogen-bond acceptors (Lipinski definition) is 14. The minimum Gasteiger partial charge on any atom is -0.507 e. The summed E-state index contributed by atoms with van der Waals surface area (Å²) in [6.07, 6.45) is -8.69. The average Bonchev–Trinajstić information content (AvgIpc) is 3.02. The van der Waals surface area contributed by atoms with Crippen LogP contribution in [0.4, 0.5) is 0 Å². The Labute approximate surface area is 270 Å². The summed E-state index contributed by atoms with van der Waals surface area (Å²) in [4.78, 5) is 27.2. The lowest BCUT2D eigenvalue weighted by Gasteiger charge is -2.46. The van der Waals surface area contributed by atoms with Crippen LogP contribution in [0.1, 0.15) is 102 Å². The van der Waals surface area contributed by atoms with Crippen LogP contribution in [0.2, 0.25) is 0 Å². The number of phenols is 3. The fourth-order valence-corrected chi connectivity index (χ4v) is 7.38. The molecule has 0 radical (unpaired) electrons. The van der Waals surface area contributed by atoms with Crippen LogP contribution in [0.3, 0.4) is 0 Å². The van der Waals surface area contributed by atoms with Gasteiger partial charge in [-0.1, -0.05) is 19.1 Å². The van der Waals surface area contributed by atoms with E-state index in [1.165, 1.54) is 18.2 Å². The molecule has 2 aromatic carbocycles. The largest absolute Gasteiger partial charge is 0.507 e. The van der Waals surface area contributed by atoms with Crippen molar-refractivity contribution in [2.45, 2.75) is 113 Å². The van der Waals surface area contributed by atoms with Gasteiger partial charge in [-0.05, 0) is 33.4 Å². The number of phenolic OH excluding ortho intramolecular Hbond substituents is 3. The normalized spacial score (nSPS) is 36.9. The zero-order valence-corrected chi connectivity index (χ0v) is 26.4.